The second-order valence-electron chi connectivity index (χ2n) is 6.20. The molecule has 1 aliphatic heterocycles. The fraction of sp³-hybridized carbons (Fsp3) is 0.250. The highest BCUT2D eigenvalue weighted by Crippen LogP contribution is 2.38. The Kier molecular flexibility index (Phi) is 6.43. The van der Waals surface area contributed by atoms with Crippen molar-refractivity contribution in [3.8, 4) is 5.75 Å². The smallest absolute Gasteiger partial charge is 0.251 e. The molecule has 0 atom stereocenters. The number of carbonyl (C=O) groups excluding carboxylic acids is 1. The Morgan fingerprint density at radius 1 is 1.26 bits per heavy atom. The number of hydrogen-bond donors (Lipinski definition) is 1. The zero-order chi connectivity index (χ0) is 19.4. The molecule has 0 fully saturated rings. The van der Waals surface area contributed by atoms with Crippen LogP contribution in [0.3, 0.4) is 0 Å². The zero-order valence-electron chi connectivity index (χ0n) is 14.8. The van der Waals surface area contributed by atoms with Gasteiger partial charge in [-0.15, -0.1) is 0 Å². The maximum atomic E-state index is 13.4. The van der Waals surface area contributed by atoms with Crippen LogP contribution in [0.1, 0.15) is 16.7 Å². The van der Waals surface area contributed by atoms with Gasteiger partial charge in [0.05, 0.1) is 5.57 Å². The molecule has 0 saturated heterocycles. The lowest BCUT2D eigenvalue weighted by Gasteiger charge is -2.24. The maximum absolute atomic E-state index is 13.4. The van der Waals surface area contributed by atoms with Crippen LogP contribution in [0.5, 0.6) is 5.75 Å². The molecule has 0 unspecified atom stereocenters. The summed E-state index contributed by atoms with van der Waals surface area (Å²) < 4.78 is 34.2. The Balaban J connectivity index is 2.05. The Bertz CT molecular complexity index is 867. The molecule has 27 heavy (non-hydrogen) atoms. The quantitative estimate of drug-likeness (QED) is 0.500. The van der Waals surface area contributed by atoms with Crippen molar-refractivity contribution < 1.29 is 18.3 Å². The van der Waals surface area contributed by atoms with E-state index in [0.717, 1.165) is 0 Å². The first-order valence-corrected chi connectivity index (χ1v) is 9.42. The number of rotatable bonds is 6. The SMILES string of the molecule is CN(I)CCNC(=O)C1=C(c2ccc(F)cc2)c2cc(CF)ccc2OC1. The summed E-state index contributed by atoms with van der Waals surface area (Å²) in [6.45, 7) is 0.652. The summed E-state index contributed by atoms with van der Waals surface area (Å²) in [4.78, 5) is 12.8. The van der Waals surface area contributed by atoms with Gasteiger partial charge in [0.1, 0.15) is 24.8 Å². The minimum atomic E-state index is -0.618. The van der Waals surface area contributed by atoms with E-state index in [2.05, 4.69) is 28.2 Å². The van der Waals surface area contributed by atoms with E-state index >= 15 is 0 Å². The van der Waals surface area contributed by atoms with Crippen LogP contribution in [0.25, 0.3) is 5.57 Å². The average Bonchev–Trinajstić information content (AvgIpc) is 2.67. The van der Waals surface area contributed by atoms with Crippen LogP contribution in [0.15, 0.2) is 48.0 Å². The van der Waals surface area contributed by atoms with Crippen LogP contribution in [0.4, 0.5) is 8.78 Å². The minimum Gasteiger partial charge on any atom is -0.488 e. The summed E-state index contributed by atoms with van der Waals surface area (Å²) in [5, 5.41) is 2.88. The fourth-order valence-corrected chi connectivity index (χ4v) is 3.16. The van der Waals surface area contributed by atoms with Crippen molar-refractivity contribution >= 4 is 34.3 Å². The van der Waals surface area contributed by atoms with Crippen LogP contribution in [0.2, 0.25) is 0 Å². The molecule has 142 valence electrons. The number of hydrogen-bond acceptors (Lipinski definition) is 3. The van der Waals surface area contributed by atoms with Gasteiger partial charge in [-0.2, -0.15) is 0 Å². The largest absolute Gasteiger partial charge is 0.488 e. The van der Waals surface area contributed by atoms with Crippen LogP contribution in [0, 0.1) is 5.82 Å². The molecular weight excluding hydrogens is 465 g/mol. The maximum Gasteiger partial charge on any atom is 0.251 e. The van der Waals surface area contributed by atoms with Crippen molar-refractivity contribution in [1.82, 2.24) is 8.43 Å². The number of alkyl halides is 1. The van der Waals surface area contributed by atoms with E-state index in [0.29, 0.717) is 46.7 Å². The highest BCUT2D eigenvalue weighted by Gasteiger charge is 2.26. The number of ether oxygens (including phenoxy) is 1. The molecule has 1 N–H and O–H groups in total. The second-order valence-corrected chi connectivity index (χ2v) is 7.84. The molecule has 4 nitrogen and oxygen atoms in total. The second kappa shape index (κ2) is 8.79. The van der Waals surface area contributed by atoms with Crippen molar-refractivity contribution in [2.24, 2.45) is 0 Å². The van der Waals surface area contributed by atoms with Crippen LogP contribution in [-0.4, -0.2) is 35.8 Å². The van der Waals surface area contributed by atoms with Gasteiger partial charge in [-0.25, -0.2) is 11.9 Å². The Morgan fingerprint density at radius 2 is 2.00 bits per heavy atom. The molecule has 1 aliphatic rings. The lowest BCUT2D eigenvalue weighted by Crippen LogP contribution is -2.34. The number of amides is 1. The standard InChI is InChI=1S/C20H19F2IN2O2/c1-25(23)9-8-24-20(26)17-12-27-18-7-2-13(11-21)10-16(18)19(17)14-3-5-15(22)6-4-14/h2-7,10H,8-9,11-12H2,1H3,(H,24,26). The minimum absolute atomic E-state index is 0.0978. The van der Waals surface area contributed by atoms with Gasteiger partial charge in [0.15, 0.2) is 0 Å². The first kappa shape index (κ1) is 19.8. The molecule has 2 aromatic rings. The van der Waals surface area contributed by atoms with Gasteiger partial charge < -0.3 is 10.1 Å². The molecule has 1 amide bonds. The fourth-order valence-electron chi connectivity index (χ4n) is 2.92. The molecular formula is C20H19F2IN2O2. The third kappa shape index (κ3) is 4.65. The van der Waals surface area contributed by atoms with Gasteiger partial charge in [0.25, 0.3) is 5.91 Å². The van der Waals surface area contributed by atoms with Crippen molar-refractivity contribution in [2.45, 2.75) is 6.67 Å². The first-order valence-electron chi connectivity index (χ1n) is 8.46. The van der Waals surface area contributed by atoms with E-state index in [1.165, 1.54) is 12.1 Å². The number of carbonyl (C=O) groups is 1. The summed E-state index contributed by atoms with van der Waals surface area (Å²) >= 11 is 2.14. The van der Waals surface area contributed by atoms with Crippen LogP contribution in [-0.2, 0) is 11.5 Å². The first-order chi connectivity index (χ1) is 13.0. The van der Waals surface area contributed by atoms with Gasteiger partial charge >= 0.3 is 0 Å². The number of benzene rings is 2. The highest BCUT2D eigenvalue weighted by atomic mass is 127. The van der Waals surface area contributed by atoms with E-state index in [1.807, 2.05) is 10.2 Å². The lowest BCUT2D eigenvalue weighted by molar-refractivity contribution is -0.117. The topological polar surface area (TPSA) is 41.6 Å². The van der Waals surface area contributed by atoms with Crippen molar-refractivity contribution in [3.05, 3.63) is 70.5 Å². The average molecular weight is 484 g/mol. The summed E-state index contributed by atoms with van der Waals surface area (Å²) in [5.41, 5.74) is 2.91. The predicted octanol–water partition coefficient (Wildman–Crippen LogP) is 3.89. The van der Waals surface area contributed by atoms with Gasteiger partial charge in [0.2, 0.25) is 0 Å². The summed E-state index contributed by atoms with van der Waals surface area (Å²) in [6, 6.07) is 11.0. The monoisotopic (exact) mass is 484 g/mol. The summed E-state index contributed by atoms with van der Waals surface area (Å²) in [7, 11) is 1.91. The Hall–Kier alpha value is -2.00. The van der Waals surface area contributed by atoms with Gasteiger partial charge in [-0.05, 0) is 42.4 Å². The summed E-state index contributed by atoms with van der Waals surface area (Å²) in [6.07, 6.45) is 0. The number of nitrogens with zero attached hydrogens (tertiary/aromatic N) is 1. The van der Waals surface area contributed by atoms with Crippen LogP contribution < -0.4 is 10.1 Å². The van der Waals surface area contributed by atoms with E-state index in [9.17, 15) is 13.6 Å². The third-order valence-electron chi connectivity index (χ3n) is 4.25. The normalized spacial score (nSPS) is 13.4. The van der Waals surface area contributed by atoms with Gasteiger partial charge in [0, 0.05) is 47.1 Å². The molecule has 0 aliphatic carbocycles. The Morgan fingerprint density at radius 3 is 2.67 bits per heavy atom. The van der Waals surface area contributed by atoms with Crippen molar-refractivity contribution in [1.29, 1.82) is 0 Å². The van der Waals surface area contributed by atoms with Gasteiger partial charge in [-0.3, -0.25) is 4.79 Å². The predicted molar refractivity (Wildman–Crippen MR) is 109 cm³/mol. The highest BCUT2D eigenvalue weighted by molar-refractivity contribution is 14.1. The lowest BCUT2D eigenvalue weighted by atomic mass is 9.89. The molecule has 0 bridgehead atoms. The summed E-state index contributed by atoms with van der Waals surface area (Å²) in [5.74, 6) is -0.0285. The Labute approximate surface area is 170 Å². The molecule has 0 aromatic heterocycles. The molecule has 0 radical (unpaired) electrons. The van der Waals surface area contributed by atoms with E-state index in [-0.39, 0.29) is 18.3 Å². The number of halogens is 3. The third-order valence-corrected chi connectivity index (χ3v) is 4.74. The number of nitrogens with one attached hydrogen (secondary N) is 1. The van der Waals surface area contributed by atoms with Crippen molar-refractivity contribution in [2.75, 3.05) is 26.7 Å². The molecule has 7 heteroatoms. The molecule has 0 saturated carbocycles. The molecule has 3 rings (SSSR count). The van der Waals surface area contributed by atoms with E-state index < -0.39 is 6.67 Å². The van der Waals surface area contributed by atoms with E-state index in [1.54, 1.807) is 30.3 Å². The number of likely N-dealkylation sites (N-methyl/N-ethyl adjacent to an activating group) is 1. The zero-order valence-corrected chi connectivity index (χ0v) is 16.9. The van der Waals surface area contributed by atoms with E-state index in [4.69, 9.17) is 4.74 Å². The number of fused-ring (bicyclic) bond motifs is 1. The molecule has 1 heterocycles. The molecule has 0 spiro atoms. The van der Waals surface area contributed by atoms with Crippen LogP contribution >= 0.6 is 22.9 Å². The van der Waals surface area contributed by atoms with Crippen molar-refractivity contribution in [3.63, 3.8) is 0 Å². The van der Waals surface area contributed by atoms with Gasteiger partial charge in [-0.1, -0.05) is 18.2 Å². The molecule has 2 aromatic carbocycles.